The van der Waals surface area contributed by atoms with Crippen LogP contribution in [0.2, 0.25) is 0 Å². The molecular formula is C10H12N2O2. The molecule has 0 aliphatic carbocycles. The fourth-order valence-corrected chi connectivity index (χ4v) is 0.821. The summed E-state index contributed by atoms with van der Waals surface area (Å²) in [5.41, 5.74) is -1.04. The number of hydrogen-bond donors (Lipinski definition) is 1. The Balaban J connectivity index is 2.72. The van der Waals surface area contributed by atoms with Gasteiger partial charge in [0, 0.05) is 6.07 Å². The monoisotopic (exact) mass is 192 g/mol. The third-order valence-corrected chi connectivity index (χ3v) is 1.82. The lowest BCUT2D eigenvalue weighted by molar-refractivity contribution is -0.121. The van der Waals surface area contributed by atoms with Crippen LogP contribution in [0.4, 0.5) is 5.88 Å². The smallest absolute Gasteiger partial charge is 0.246 e. The molecule has 0 radical (unpaired) electrons. The summed E-state index contributed by atoms with van der Waals surface area (Å²) in [6.45, 7) is 4.89. The molecule has 0 unspecified atom stereocenters. The minimum Gasteiger partial charge on any atom is -0.446 e. The normalized spacial score (nSPS) is 10.7. The third kappa shape index (κ3) is 2.13. The van der Waals surface area contributed by atoms with Crippen LogP contribution in [0, 0.1) is 23.7 Å². The van der Waals surface area contributed by atoms with Crippen LogP contribution in [0.5, 0.6) is 0 Å². The maximum absolute atomic E-state index is 11.5. The van der Waals surface area contributed by atoms with Gasteiger partial charge in [0.1, 0.15) is 11.2 Å². The molecule has 74 valence electrons. The molecule has 4 heteroatoms. The van der Waals surface area contributed by atoms with Crippen molar-refractivity contribution in [3.8, 4) is 6.07 Å². The van der Waals surface area contributed by atoms with E-state index < -0.39 is 5.41 Å². The second-order valence-electron chi connectivity index (χ2n) is 3.60. The topological polar surface area (TPSA) is 66.0 Å². The average molecular weight is 192 g/mol. The van der Waals surface area contributed by atoms with E-state index in [4.69, 9.17) is 9.68 Å². The van der Waals surface area contributed by atoms with E-state index in [9.17, 15) is 4.79 Å². The summed E-state index contributed by atoms with van der Waals surface area (Å²) in [4.78, 5) is 11.5. The number of nitrogens with zero attached hydrogens (tertiary/aromatic N) is 1. The predicted octanol–water partition coefficient (Wildman–Crippen LogP) is 2.08. The molecule has 0 bridgehead atoms. The maximum atomic E-state index is 11.5. The maximum Gasteiger partial charge on any atom is 0.246 e. The van der Waals surface area contributed by atoms with E-state index >= 15 is 0 Å². The SMILES string of the molecule is Cc1ccc(NC(=O)C(C)(C)C#N)o1. The molecule has 0 saturated carbocycles. The standard InChI is InChI=1S/C10H12N2O2/c1-7-4-5-8(14-7)12-9(13)10(2,3)6-11/h4-5H,1-3H3,(H,12,13). The minimum atomic E-state index is -1.04. The fourth-order valence-electron chi connectivity index (χ4n) is 0.821. The first-order chi connectivity index (χ1) is 6.45. The number of rotatable bonds is 2. The zero-order valence-corrected chi connectivity index (χ0v) is 8.42. The number of hydrogen-bond acceptors (Lipinski definition) is 3. The van der Waals surface area contributed by atoms with Gasteiger partial charge in [0.25, 0.3) is 0 Å². The van der Waals surface area contributed by atoms with Gasteiger partial charge < -0.3 is 4.42 Å². The number of furan rings is 1. The lowest BCUT2D eigenvalue weighted by Crippen LogP contribution is -2.28. The van der Waals surface area contributed by atoms with Crippen LogP contribution in [0.15, 0.2) is 16.5 Å². The highest BCUT2D eigenvalue weighted by molar-refractivity contribution is 5.95. The minimum absolute atomic E-state index is 0.366. The number of nitrogens with one attached hydrogen (secondary N) is 1. The van der Waals surface area contributed by atoms with Crippen molar-refractivity contribution in [3.05, 3.63) is 17.9 Å². The number of anilines is 1. The fraction of sp³-hybridized carbons (Fsp3) is 0.400. The van der Waals surface area contributed by atoms with Gasteiger partial charge in [0.2, 0.25) is 5.91 Å². The van der Waals surface area contributed by atoms with Crippen LogP contribution in [-0.2, 0) is 4.79 Å². The summed E-state index contributed by atoms with van der Waals surface area (Å²) in [6, 6.07) is 5.31. The number of amides is 1. The summed E-state index contributed by atoms with van der Waals surface area (Å²) in [5, 5.41) is 11.2. The van der Waals surface area contributed by atoms with Crippen molar-refractivity contribution >= 4 is 11.8 Å². The van der Waals surface area contributed by atoms with Crippen LogP contribution in [-0.4, -0.2) is 5.91 Å². The van der Waals surface area contributed by atoms with Crippen LogP contribution < -0.4 is 5.32 Å². The van der Waals surface area contributed by atoms with E-state index in [1.165, 1.54) is 0 Å². The van der Waals surface area contributed by atoms with Gasteiger partial charge in [-0.3, -0.25) is 10.1 Å². The van der Waals surface area contributed by atoms with Crippen molar-refractivity contribution in [3.63, 3.8) is 0 Å². The first kappa shape index (κ1) is 10.3. The molecule has 1 heterocycles. The van der Waals surface area contributed by atoms with E-state index in [0.29, 0.717) is 5.88 Å². The molecule has 0 atom stereocenters. The first-order valence-corrected chi connectivity index (χ1v) is 4.25. The zero-order chi connectivity index (χ0) is 10.8. The summed E-state index contributed by atoms with van der Waals surface area (Å²) in [6.07, 6.45) is 0. The van der Waals surface area contributed by atoms with Gasteiger partial charge in [-0.15, -0.1) is 0 Å². The molecule has 0 saturated heterocycles. The lowest BCUT2D eigenvalue weighted by atomic mass is 9.95. The highest BCUT2D eigenvalue weighted by atomic mass is 16.4. The number of carbonyl (C=O) groups is 1. The molecule has 1 rings (SSSR count). The molecule has 4 nitrogen and oxygen atoms in total. The Morgan fingerprint density at radius 1 is 1.57 bits per heavy atom. The molecule has 1 aromatic heterocycles. The summed E-state index contributed by atoms with van der Waals surface area (Å²) in [7, 11) is 0. The van der Waals surface area contributed by atoms with E-state index in [-0.39, 0.29) is 5.91 Å². The van der Waals surface area contributed by atoms with Crippen molar-refractivity contribution in [1.82, 2.24) is 0 Å². The lowest BCUT2D eigenvalue weighted by Gasteiger charge is -2.12. The van der Waals surface area contributed by atoms with Crippen LogP contribution >= 0.6 is 0 Å². The molecule has 0 aliphatic heterocycles. The van der Waals surface area contributed by atoms with E-state index in [0.717, 1.165) is 5.76 Å². The van der Waals surface area contributed by atoms with Gasteiger partial charge in [-0.25, -0.2) is 0 Å². The van der Waals surface area contributed by atoms with Gasteiger partial charge in [-0.1, -0.05) is 0 Å². The van der Waals surface area contributed by atoms with Gasteiger partial charge in [0.15, 0.2) is 5.88 Å². The third-order valence-electron chi connectivity index (χ3n) is 1.82. The van der Waals surface area contributed by atoms with Gasteiger partial charge in [0.05, 0.1) is 6.07 Å². The number of nitriles is 1. The molecule has 0 aliphatic rings. The summed E-state index contributed by atoms with van der Waals surface area (Å²) in [5.74, 6) is 0.722. The van der Waals surface area contributed by atoms with Crippen LogP contribution in [0.25, 0.3) is 0 Å². The van der Waals surface area contributed by atoms with Crippen molar-refractivity contribution in [2.75, 3.05) is 5.32 Å². The zero-order valence-electron chi connectivity index (χ0n) is 8.42. The van der Waals surface area contributed by atoms with E-state index in [2.05, 4.69) is 5.32 Å². The Kier molecular flexibility index (Phi) is 2.61. The molecule has 0 fully saturated rings. The summed E-state index contributed by atoms with van der Waals surface area (Å²) >= 11 is 0. The van der Waals surface area contributed by atoms with Crippen molar-refractivity contribution in [1.29, 1.82) is 5.26 Å². The molecule has 0 aromatic carbocycles. The van der Waals surface area contributed by atoms with Crippen LogP contribution in [0.1, 0.15) is 19.6 Å². The van der Waals surface area contributed by atoms with Crippen LogP contribution in [0.3, 0.4) is 0 Å². The Bertz CT molecular complexity index is 385. The average Bonchev–Trinajstić information content (AvgIpc) is 2.51. The highest BCUT2D eigenvalue weighted by Crippen LogP contribution is 2.18. The van der Waals surface area contributed by atoms with Crippen molar-refractivity contribution in [2.24, 2.45) is 5.41 Å². The summed E-state index contributed by atoms with van der Waals surface area (Å²) < 4.78 is 5.15. The molecule has 0 spiro atoms. The van der Waals surface area contributed by atoms with Crippen molar-refractivity contribution < 1.29 is 9.21 Å². The largest absolute Gasteiger partial charge is 0.446 e. The molecule has 1 aromatic rings. The molecular weight excluding hydrogens is 180 g/mol. The first-order valence-electron chi connectivity index (χ1n) is 4.25. The number of aryl methyl sites for hydroxylation is 1. The molecule has 14 heavy (non-hydrogen) atoms. The van der Waals surface area contributed by atoms with Gasteiger partial charge in [-0.2, -0.15) is 5.26 Å². The van der Waals surface area contributed by atoms with E-state index in [1.54, 1.807) is 32.9 Å². The van der Waals surface area contributed by atoms with Gasteiger partial charge >= 0.3 is 0 Å². The molecule has 1 amide bonds. The Hall–Kier alpha value is -1.76. The second kappa shape index (κ2) is 3.54. The number of carbonyl (C=O) groups excluding carboxylic acids is 1. The predicted molar refractivity (Wildman–Crippen MR) is 51.5 cm³/mol. The van der Waals surface area contributed by atoms with Crippen molar-refractivity contribution in [2.45, 2.75) is 20.8 Å². The quantitative estimate of drug-likeness (QED) is 0.780. The molecule has 1 N–H and O–H groups in total. The Labute approximate surface area is 82.5 Å². The van der Waals surface area contributed by atoms with Gasteiger partial charge in [-0.05, 0) is 26.8 Å². The Morgan fingerprint density at radius 3 is 2.64 bits per heavy atom. The second-order valence-corrected chi connectivity index (χ2v) is 3.60. The van der Waals surface area contributed by atoms with E-state index in [1.807, 2.05) is 6.07 Å². The Morgan fingerprint density at radius 2 is 2.21 bits per heavy atom. The highest BCUT2D eigenvalue weighted by Gasteiger charge is 2.27.